The van der Waals surface area contributed by atoms with Crippen LogP contribution in [0.4, 0.5) is 0 Å². The predicted octanol–water partition coefficient (Wildman–Crippen LogP) is 5.46. The largest absolute Gasteiger partial charge is 0.494 e. The lowest BCUT2D eigenvalue weighted by Crippen LogP contribution is -2.01. The molecule has 158 valence electrons. The minimum atomic E-state index is -0.339. The normalized spacial score (nSPS) is 15.8. The molecule has 1 atom stereocenters. The molecule has 1 aliphatic rings. The smallest absolute Gasteiger partial charge is 0.334 e. The van der Waals surface area contributed by atoms with Crippen LogP contribution in [0.5, 0.6) is 5.75 Å². The summed E-state index contributed by atoms with van der Waals surface area (Å²) < 4.78 is 16.0. The second-order valence-electron chi connectivity index (χ2n) is 7.32. The highest BCUT2D eigenvalue weighted by Gasteiger charge is 2.28. The van der Waals surface area contributed by atoms with Crippen molar-refractivity contribution in [1.82, 2.24) is 0 Å². The maximum atomic E-state index is 11.4. The summed E-state index contributed by atoms with van der Waals surface area (Å²) >= 11 is 0. The minimum absolute atomic E-state index is 0.216. The average Bonchev–Trinajstić information content (AvgIpc) is 3.07. The van der Waals surface area contributed by atoms with Crippen molar-refractivity contribution >= 4 is 11.9 Å². The molecule has 29 heavy (non-hydrogen) atoms. The number of carbonyl (C=O) groups excluding carboxylic acids is 2. The molecule has 5 nitrogen and oxygen atoms in total. The Hall–Kier alpha value is -2.56. The van der Waals surface area contributed by atoms with Gasteiger partial charge in [0.05, 0.1) is 13.2 Å². The van der Waals surface area contributed by atoms with Crippen molar-refractivity contribution < 1.29 is 23.8 Å². The lowest BCUT2D eigenvalue weighted by Gasteiger charge is -2.11. The van der Waals surface area contributed by atoms with E-state index in [-0.39, 0.29) is 18.0 Å². The molecule has 0 radical (unpaired) electrons. The Morgan fingerprint density at radius 3 is 2.14 bits per heavy atom. The number of hydrogen-bond acceptors (Lipinski definition) is 5. The first-order valence-corrected chi connectivity index (χ1v) is 10.5. The standard InChI is InChI=1S/C24H32O5/c1-3-23(25)28-17-11-9-7-5-4-6-8-10-16-27-21-14-12-20(13-15-21)22-18-19(2)24(26)29-22/h3,12-15,22H,1-2,4-11,16-18H2. The molecule has 0 aromatic heterocycles. The van der Waals surface area contributed by atoms with Gasteiger partial charge in [0, 0.05) is 18.1 Å². The van der Waals surface area contributed by atoms with Crippen LogP contribution in [0.3, 0.4) is 0 Å². The predicted molar refractivity (Wildman–Crippen MR) is 113 cm³/mol. The molecule has 1 aromatic carbocycles. The van der Waals surface area contributed by atoms with Gasteiger partial charge in [-0.25, -0.2) is 9.59 Å². The van der Waals surface area contributed by atoms with Crippen molar-refractivity contribution in [3.63, 3.8) is 0 Å². The molecule has 0 saturated carbocycles. The second kappa shape index (κ2) is 12.8. The summed E-state index contributed by atoms with van der Waals surface area (Å²) in [4.78, 5) is 22.3. The van der Waals surface area contributed by atoms with E-state index in [9.17, 15) is 9.59 Å². The van der Waals surface area contributed by atoms with Gasteiger partial charge in [0.25, 0.3) is 0 Å². The molecule has 0 spiro atoms. The molecule has 2 rings (SSSR count). The van der Waals surface area contributed by atoms with Gasteiger partial charge in [-0.1, -0.05) is 63.8 Å². The van der Waals surface area contributed by atoms with Crippen molar-refractivity contribution in [2.24, 2.45) is 0 Å². The summed E-state index contributed by atoms with van der Waals surface area (Å²) in [5.74, 6) is 0.201. The number of unbranched alkanes of at least 4 members (excludes halogenated alkanes) is 7. The fourth-order valence-corrected chi connectivity index (χ4v) is 3.21. The second-order valence-corrected chi connectivity index (χ2v) is 7.32. The van der Waals surface area contributed by atoms with Gasteiger partial charge >= 0.3 is 11.9 Å². The third kappa shape index (κ3) is 8.55. The van der Waals surface area contributed by atoms with Crippen molar-refractivity contribution in [2.75, 3.05) is 13.2 Å². The fraction of sp³-hybridized carbons (Fsp3) is 0.500. The summed E-state index contributed by atoms with van der Waals surface area (Å²) in [7, 11) is 0. The summed E-state index contributed by atoms with van der Waals surface area (Å²) in [6, 6.07) is 7.75. The maximum absolute atomic E-state index is 11.4. The molecule has 1 aromatic rings. The number of benzene rings is 1. The highest BCUT2D eigenvalue weighted by Crippen LogP contribution is 2.32. The monoisotopic (exact) mass is 400 g/mol. The van der Waals surface area contributed by atoms with E-state index in [1.165, 1.54) is 31.8 Å². The Balaban J connectivity index is 1.45. The first-order valence-electron chi connectivity index (χ1n) is 10.5. The molecule has 1 aliphatic heterocycles. The maximum Gasteiger partial charge on any atom is 0.334 e. The van der Waals surface area contributed by atoms with E-state index in [1.54, 1.807) is 0 Å². The van der Waals surface area contributed by atoms with Crippen LogP contribution in [-0.4, -0.2) is 25.2 Å². The minimum Gasteiger partial charge on any atom is -0.494 e. The summed E-state index contributed by atoms with van der Waals surface area (Å²) in [5, 5.41) is 0. The zero-order valence-electron chi connectivity index (χ0n) is 17.2. The van der Waals surface area contributed by atoms with E-state index >= 15 is 0 Å². The van der Waals surface area contributed by atoms with Gasteiger partial charge in [0.15, 0.2) is 0 Å². The lowest BCUT2D eigenvalue weighted by molar-refractivity contribution is -0.139. The highest BCUT2D eigenvalue weighted by atomic mass is 16.6. The van der Waals surface area contributed by atoms with E-state index in [2.05, 4.69) is 13.2 Å². The van der Waals surface area contributed by atoms with E-state index in [1.807, 2.05) is 24.3 Å². The van der Waals surface area contributed by atoms with Gasteiger partial charge in [0.1, 0.15) is 11.9 Å². The quantitative estimate of drug-likeness (QED) is 0.236. The van der Waals surface area contributed by atoms with E-state index in [4.69, 9.17) is 14.2 Å². The molecular weight excluding hydrogens is 368 g/mol. The van der Waals surface area contributed by atoms with Crippen LogP contribution in [0, 0.1) is 0 Å². The average molecular weight is 401 g/mol. The molecule has 0 N–H and O–H groups in total. The van der Waals surface area contributed by atoms with Gasteiger partial charge in [0.2, 0.25) is 0 Å². The third-order valence-electron chi connectivity index (χ3n) is 4.94. The van der Waals surface area contributed by atoms with Crippen molar-refractivity contribution in [3.05, 3.63) is 54.6 Å². The van der Waals surface area contributed by atoms with Crippen LogP contribution in [0.2, 0.25) is 0 Å². The van der Waals surface area contributed by atoms with Gasteiger partial charge in [-0.05, 0) is 30.5 Å². The summed E-state index contributed by atoms with van der Waals surface area (Å²) in [6.45, 7) is 8.28. The number of carbonyl (C=O) groups is 2. The number of hydrogen-bond donors (Lipinski definition) is 0. The molecule has 1 fully saturated rings. The van der Waals surface area contributed by atoms with Crippen molar-refractivity contribution in [3.8, 4) is 5.75 Å². The molecular formula is C24H32O5. The Labute approximate surface area is 173 Å². The van der Waals surface area contributed by atoms with Crippen LogP contribution < -0.4 is 4.74 Å². The van der Waals surface area contributed by atoms with Gasteiger partial charge in [-0.3, -0.25) is 0 Å². The Morgan fingerprint density at radius 2 is 1.59 bits per heavy atom. The van der Waals surface area contributed by atoms with Crippen LogP contribution in [0.1, 0.15) is 69.5 Å². The number of cyclic esters (lactones) is 1. The van der Waals surface area contributed by atoms with Crippen LogP contribution >= 0.6 is 0 Å². The first-order chi connectivity index (χ1) is 14.1. The Morgan fingerprint density at radius 1 is 1.00 bits per heavy atom. The highest BCUT2D eigenvalue weighted by molar-refractivity contribution is 5.90. The number of rotatable bonds is 14. The summed E-state index contributed by atoms with van der Waals surface area (Å²) in [5.41, 5.74) is 1.51. The molecule has 0 amide bonds. The van der Waals surface area contributed by atoms with Gasteiger partial charge in [-0.15, -0.1) is 0 Å². The Kier molecular flexibility index (Phi) is 10.0. The topological polar surface area (TPSA) is 61.8 Å². The van der Waals surface area contributed by atoms with Crippen LogP contribution in [-0.2, 0) is 19.1 Å². The Bertz CT molecular complexity index is 661. The molecule has 5 heteroatoms. The van der Waals surface area contributed by atoms with Crippen LogP contribution in [0.15, 0.2) is 49.1 Å². The van der Waals surface area contributed by atoms with E-state index in [0.717, 1.165) is 37.0 Å². The number of esters is 2. The molecule has 0 aliphatic carbocycles. The van der Waals surface area contributed by atoms with Crippen molar-refractivity contribution in [2.45, 2.75) is 63.9 Å². The molecule has 1 unspecified atom stereocenters. The van der Waals surface area contributed by atoms with E-state index in [0.29, 0.717) is 25.2 Å². The molecule has 0 bridgehead atoms. The van der Waals surface area contributed by atoms with Crippen molar-refractivity contribution in [1.29, 1.82) is 0 Å². The zero-order valence-corrected chi connectivity index (χ0v) is 17.2. The molecule has 1 heterocycles. The van der Waals surface area contributed by atoms with Crippen LogP contribution in [0.25, 0.3) is 0 Å². The first kappa shape index (κ1) is 22.7. The summed E-state index contributed by atoms with van der Waals surface area (Å²) in [6.07, 6.45) is 10.6. The lowest BCUT2D eigenvalue weighted by atomic mass is 10.1. The van der Waals surface area contributed by atoms with E-state index < -0.39 is 0 Å². The number of ether oxygens (including phenoxy) is 3. The fourth-order valence-electron chi connectivity index (χ4n) is 3.21. The SMILES string of the molecule is C=CC(=O)OCCCCCCCCCCOc1ccc(C2CC(=C)C(=O)O2)cc1. The molecule has 1 saturated heterocycles. The zero-order chi connectivity index (χ0) is 20.9. The third-order valence-corrected chi connectivity index (χ3v) is 4.94. The van der Waals surface area contributed by atoms with Gasteiger partial charge in [-0.2, -0.15) is 0 Å². The van der Waals surface area contributed by atoms with Gasteiger partial charge < -0.3 is 14.2 Å².